The number of hydrogen-bond acceptors (Lipinski definition) is 4. The van der Waals surface area contributed by atoms with Crippen LogP contribution in [0.1, 0.15) is 42.0 Å². The fourth-order valence-electron chi connectivity index (χ4n) is 7.35. The third-order valence-electron chi connectivity index (χ3n) is 9.34. The summed E-state index contributed by atoms with van der Waals surface area (Å²) in [5, 5.41) is 10.7. The summed E-state index contributed by atoms with van der Waals surface area (Å²) in [5.41, 5.74) is 11.1. The van der Waals surface area contributed by atoms with Gasteiger partial charge in [0.05, 0.1) is 17.2 Å². The van der Waals surface area contributed by atoms with Gasteiger partial charge >= 0.3 is 11.8 Å². The van der Waals surface area contributed by atoms with Crippen LogP contribution in [0.5, 0.6) is 0 Å². The van der Waals surface area contributed by atoms with Crippen LogP contribution in [0.2, 0.25) is 0 Å². The maximum absolute atomic E-state index is 14.2. The average molecular weight is 618 g/mol. The standard InChI is InChI=1S/C38H43N5O3/c39-24-26-41-34-21-10-11-22-35(34)43(37(41)44)33-23-25-42(38(45)46)36(32(33)20-12-19-29-13-4-1-5-14-29)40(27-30-15-6-2-7-16-30)28-31-17-8-3-9-18-31/h1-11,13-18,21-22,32-33,36H,12,19-20,23-28,39H2,(H,45,46)/t32?,33?,36-/m0/s1. The molecule has 0 spiro atoms. The molecule has 1 fully saturated rings. The molecule has 3 atom stereocenters. The van der Waals surface area contributed by atoms with Crippen molar-refractivity contribution in [3.8, 4) is 0 Å². The summed E-state index contributed by atoms with van der Waals surface area (Å²) in [6, 6.07) is 38.6. The Morgan fingerprint density at radius 3 is 1.89 bits per heavy atom. The minimum absolute atomic E-state index is 0.0788. The highest BCUT2D eigenvalue weighted by molar-refractivity contribution is 5.76. The molecule has 1 aliphatic heterocycles. The van der Waals surface area contributed by atoms with Crippen LogP contribution in [0.3, 0.4) is 0 Å². The average Bonchev–Trinajstić information content (AvgIpc) is 3.36. The summed E-state index contributed by atoms with van der Waals surface area (Å²) in [6.07, 6.45) is 1.69. The Balaban J connectivity index is 1.47. The van der Waals surface area contributed by atoms with E-state index in [-0.39, 0.29) is 17.6 Å². The van der Waals surface area contributed by atoms with Crippen molar-refractivity contribution in [3.05, 3.63) is 142 Å². The van der Waals surface area contributed by atoms with Crippen LogP contribution in [0, 0.1) is 5.92 Å². The van der Waals surface area contributed by atoms with Gasteiger partial charge in [0.25, 0.3) is 0 Å². The van der Waals surface area contributed by atoms with Crippen molar-refractivity contribution in [1.29, 1.82) is 0 Å². The number of piperidine rings is 1. The normalized spacial score (nSPS) is 18.3. The SMILES string of the molecule is NCCn1c(=O)n(C2CCN(C(=O)O)[C@H](N(Cc3ccccc3)Cc3ccccc3)C2CCCc2ccccc2)c2ccccc21. The van der Waals surface area contributed by atoms with Gasteiger partial charge in [-0.05, 0) is 54.5 Å². The third-order valence-corrected chi connectivity index (χ3v) is 9.34. The number of likely N-dealkylation sites (tertiary alicyclic amines) is 1. The summed E-state index contributed by atoms with van der Waals surface area (Å²) in [4.78, 5) is 31.2. The van der Waals surface area contributed by atoms with Gasteiger partial charge in [0.1, 0.15) is 0 Å². The van der Waals surface area contributed by atoms with E-state index in [0.29, 0.717) is 39.1 Å². The Morgan fingerprint density at radius 1 is 0.783 bits per heavy atom. The van der Waals surface area contributed by atoms with E-state index in [1.807, 2.05) is 71.3 Å². The van der Waals surface area contributed by atoms with E-state index in [0.717, 1.165) is 41.4 Å². The van der Waals surface area contributed by atoms with E-state index < -0.39 is 12.3 Å². The van der Waals surface area contributed by atoms with Gasteiger partial charge < -0.3 is 10.8 Å². The maximum atomic E-state index is 14.2. The fourth-order valence-corrected chi connectivity index (χ4v) is 7.35. The molecular weight excluding hydrogens is 574 g/mol. The van der Waals surface area contributed by atoms with Gasteiger partial charge in [-0.15, -0.1) is 0 Å². The molecule has 0 saturated carbocycles. The molecule has 2 unspecified atom stereocenters. The van der Waals surface area contributed by atoms with Crippen molar-refractivity contribution in [3.63, 3.8) is 0 Å². The predicted octanol–water partition coefficient (Wildman–Crippen LogP) is 6.35. The Hall–Kier alpha value is -4.66. The largest absolute Gasteiger partial charge is 0.465 e. The van der Waals surface area contributed by atoms with Crippen LogP contribution in [-0.4, -0.2) is 49.4 Å². The number of fused-ring (bicyclic) bond motifs is 1. The van der Waals surface area contributed by atoms with Crippen molar-refractivity contribution in [2.45, 2.75) is 57.5 Å². The van der Waals surface area contributed by atoms with E-state index in [9.17, 15) is 14.7 Å². The second kappa shape index (κ2) is 14.6. The van der Waals surface area contributed by atoms with Crippen molar-refractivity contribution in [1.82, 2.24) is 18.9 Å². The maximum Gasteiger partial charge on any atom is 0.408 e. The molecule has 46 heavy (non-hydrogen) atoms. The monoisotopic (exact) mass is 617 g/mol. The van der Waals surface area contributed by atoms with Gasteiger partial charge in [-0.25, -0.2) is 9.59 Å². The van der Waals surface area contributed by atoms with Crippen molar-refractivity contribution in [2.75, 3.05) is 13.1 Å². The number of nitrogens with zero attached hydrogens (tertiary/aromatic N) is 4. The molecule has 2 heterocycles. The summed E-state index contributed by atoms with van der Waals surface area (Å²) in [7, 11) is 0. The Bertz CT molecular complexity index is 1730. The van der Waals surface area contributed by atoms with Crippen LogP contribution in [0.4, 0.5) is 4.79 Å². The van der Waals surface area contributed by atoms with Crippen LogP contribution in [0.25, 0.3) is 11.0 Å². The van der Waals surface area contributed by atoms with Gasteiger partial charge in [-0.2, -0.15) is 0 Å². The zero-order chi connectivity index (χ0) is 31.9. The molecule has 0 bridgehead atoms. The number of imidazole rings is 1. The summed E-state index contributed by atoms with van der Waals surface area (Å²) < 4.78 is 3.73. The second-order valence-electron chi connectivity index (χ2n) is 12.2. The first kappa shape index (κ1) is 31.3. The summed E-state index contributed by atoms with van der Waals surface area (Å²) in [5.74, 6) is -0.143. The number of hydrogen-bond donors (Lipinski definition) is 2. The predicted molar refractivity (Wildman–Crippen MR) is 182 cm³/mol. The van der Waals surface area contributed by atoms with Gasteiger partial charge in [-0.3, -0.25) is 18.9 Å². The van der Waals surface area contributed by atoms with Crippen LogP contribution >= 0.6 is 0 Å². The lowest BCUT2D eigenvalue weighted by molar-refractivity contribution is -0.0492. The van der Waals surface area contributed by atoms with Gasteiger partial charge in [0.2, 0.25) is 0 Å². The molecule has 1 amide bonds. The van der Waals surface area contributed by atoms with Crippen molar-refractivity contribution >= 4 is 17.1 Å². The Labute approximate surface area is 270 Å². The number of para-hydroxylation sites is 2. The molecule has 1 aliphatic rings. The molecule has 238 valence electrons. The lowest BCUT2D eigenvalue weighted by Crippen LogP contribution is -2.59. The van der Waals surface area contributed by atoms with E-state index in [4.69, 9.17) is 5.73 Å². The first-order valence-corrected chi connectivity index (χ1v) is 16.3. The lowest BCUT2D eigenvalue weighted by atomic mass is 9.83. The molecule has 1 aromatic heterocycles. The smallest absolute Gasteiger partial charge is 0.408 e. The first-order chi connectivity index (χ1) is 22.5. The van der Waals surface area contributed by atoms with Crippen molar-refractivity contribution < 1.29 is 9.90 Å². The second-order valence-corrected chi connectivity index (χ2v) is 12.2. The number of benzene rings is 4. The number of aromatic nitrogens is 2. The van der Waals surface area contributed by atoms with E-state index in [2.05, 4.69) is 53.4 Å². The zero-order valence-electron chi connectivity index (χ0n) is 26.2. The number of amides is 1. The minimum atomic E-state index is -0.930. The minimum Gasteiger partial charge on any atom is -0.465 e. The summed E-state index contributed by atoms with van der Waals surface area (Å²) in [6.45, 7) is 2.28. The van der Waals surface area contributed by atoms with E-state index >= 15 is 0 Å². The van der Waals surface area contributed by atoms with Gasteiger partial charge in [0.15, 0.2) is 0 Å². The molecule has 3 N–H and O–H groups in total. The molecule has 8 nitrogen and oxygen atoms in total. The van der Waals surface area contributed by atoms with Crippen LogP contribution < -0.4 is 11.4 Å². The highest BCUT2D eigenvalue weighted by atomic mass is 16.4. The van der Waals surface area contributed by atoms with Crippen LogP contribution in [0.15, 0.2) is 120 Å². The topological polar surface area (TPSA) is 96.7 Å². The summed E-state index contributed by atoms with van der Waals surface area (Å²) >= 11 is 0. The number of rotatable bonds is 12. The van der Waals surface area contributed by atoms with Gasteiger partial charge in [0, 0.05) is 44.7 Å². The molecule has 0 aliphatic carbocycles. The molecule has 1 saturated heterocycles. The highest BCUT2D eigenvalue weighted by Crippen LogP contribution is 2.40. The van der Waals surface area contributed by atoms with Gasteiger partial charge in [-0.1, -0.05) is 103 Å². The number of carboxylic acid groups (broad SMARTS) is 1. The molecule has 5 aromatic rings. The fraction of sp³-hybridized carbons (Fsp3) is 0.316. The number of aryl methyl sites for hydroxylation is 1. The molecule has 0 radical (unpaired) electrons. The van der Waals surface area contributed by atoms with E-state index in [1.165, 1.54) is 5.56 Å². The lowest BCUT2D eigenvalue weighted by Gasteiger charge is -2.49. The highest BCUT2D eigenvalue weighted by Gasteiger charge is 2.45. The molecule has 4 aromatic carbocycles. The first-order valence-electron chi connectivity index (χ1n) is 16.3. The molecular formula is C38H43N5O3. The van der Waals surface area contributed by atoms with Crippen molar-refractivity contribution in [2.24, 2.45) is 11.7 Å². The number of carbonyl (C=O) groups is 1. The molecule has 8 heteroatoms. The van der Waals surface area contributed by atoms with Crippen LogP contribution in [-0.2, 0) is 26.1 Å². The Kier molecular flexibility index (Phi) is 9.96. The quantitative estimate of drug-likeness (QED) is 0.170. The number of nitrogens with two attached hydrogens (primary N) is 1. The molecule has 6 rings (SSSR count). The Morgan fingerprint density at radius 2 is 1.33 bits per heavy atom. The zero-order valence-corrected chi connectivity index (χ0v) is 26.2. The van der Waals surface area contributed by atoms with E-state index in [1.54, 1.807) is 9.47 Å². The third kappa shape index (κ3) is 6.78.